The van der Waals surface area contributed by atoms with Crippen molar-refractivity contribution in [2.45, 2.75) is 31.5 Å². The van der Waals surface area contributed by atoms with Gasteiger partial charge in [-0.3, -0.25) is 9.59 Å². The lowest BCUT2D eigenvalue weighted by Crippen LogP contribution is -2.43. The number of carbonyl (C=O) groups excluding carboxylic acids is 2. The van der Waals surface area contributed by atoms with Gasteiger partial charge in [0.1, 0.15) is 6.33 Å². The van der Waals surface area contributed by atoms with Crippen molar-refractivity contribution in [3.05, 3.63) is 30.1 Å². The maximum atomic E-state index is 13.4. The summed E-state index contributed by atoms with van der Waals surface area (Å²) in [6.07, 6.45) is 3.06. The van der Waals surface area contributed by atoms with Crippen LogP contribution in [0.3, 0.4) is 0 Å². The molecule has 3 N–H and O–H groups in total. The SMILES string of the molecule is Cc1c(NC(=O)[C@H]2[C@@H]3CC[C@@]4(CN(CCN)C(=O)[C@@H]24)O3)cccc1-c1nncn1C.Cl. The van der Waals surface area contributed by atoms with Gasteiger partial charge in [0.05, 0.1) is 30.1 Å². The fourth-order valence-corrected chi connectivity index (χ4v) is 5.44. The molecule has 3 aliphatic heterocycles. The molecule has 9 nitrogen and oxygen atoms in total. The van der Waals surface area contributed by atoms with Crippen LogP contribution in [-0.2, 0) is 21.4 Å². The van der Waals surface area contributed by atoms with E-state index in [1.54, 1.807) is 11.2 Å². The third-order valence-corrected chi connectivity index (χ3v) is 6.85. The second-order valence-electron chi connectivity index (χ2n) is 8.54. The number of anilines is 1. The lowest BCUT2D eigenvalue weighted by molar-refractivity contribution is -0.136. The fourth-order valence-electron chi connectivity index (χ4n) is 5.44. The molecular formula is C21H27ClN6O3. The highest BCUT2D eigenvalue weighted by Crippen LogP contribution is 2.55. The van der Waals surface area contributed by atoms with Gasteiger partial charge in [0.15, 0.2) is 5.82 Å². The highest BCUT2D eigenvalue weighted by Gasteiger charge is 2.68. The standard InChI is InChI=1S/C21H26N6O3.ClH/c1-12-13(18-25-23-11-26(18)2)4-3-5-14(12)24-19(28)16-15-6-7-21(30-15)10-27(9-8-22)20(29)17(16)21;/h3-5,11,15-17H,6-10,22H2,1-2H3,(H,24,28);1H/t15-,16-,17+,21-;/m0./s1. The third kappa shape index (κ3) is 3.22. The first-order valence-electron chi connectivity index (χ1n) is 10.4. The molecule has 4 heterocycles. The van der Waals surface area contributed by atoms with E-state index in [1.807, 2.05) is 36.7 Å². The predicted molar refractivity (Wildman–Crippen MR) is 117 cm³/mol. The van der Waals surface area contributed by atoms with Crippen molar-refractivity contribution in [3.63, 3.8) is 0 Å². The van der Waals surface area contributed by atoms with Crippen LogP contribution in [0.25, 0.3) is 11.4 Å². The Morgan fingerprint density at radius 1 is 1.42 bits per heavy atom. The smallest absolute Gasteiger partial charge is 0.231 e. The monoisotopic (exact) mass is 446 g/mol. The average Bonchev–Trinajstić information content (AvgIpc) is 3.46. The number of halogens is 1. The summed E-state index contributed by atoms with van der Waals surface area (Å²) < 4.78 is 8.08. The van der Waals surface area contributed by atoms with Crippen molar-refractivity contribution >= 4 is 29.9 Å². The van der Waals surface area contributed by atoms with Crippen molar-refractivity contribution in [2.24, 2.45) is 24.6 Å². The molecule has 3 saturated heterocycles. The van der Waals surface area contributed by atoms with Gasteiger partial charge in [-0.25, -0.2) is 0 Å². The van der Waals surface area contributed by atoms with Gasteiger partial charge in [0.25, 0.3) is 0 Å². The number of aryl methyl sites for hydroxylation is 1. The van der Waals surface area contributed by atoms with Crippen molar-refractivity contribution < 1.29 is 14.3 Å². The molecule has 10 heteroatoms. The second kappa shape index (κ2) is 7.89. The van der Waals surface area contributed by atoms with Gasteiger partial charge >= 0.3 is 0 Å². The molecule has 5 rings (SSSR count). The molecule has 2 bridgehead atoms. The number of nitrogens with zero attached hydrogens (tertiary/aromatic N) is 4. The Kier molecular flexibility index (Phi) is 5.53. The Balaban J connectivity index is 0.00000231. The Bertz CT molecular complexity index is 1030. The van der Waals surface area contributed by atoms with Crippen LogP contribution in [0.1, 0.15) is 18.4 Å². The van der Waals surface area contributed by atoms with Gasteiger partial charge in [-0.15, -0.1) is 22.6 Å². The largest absolute Gasteiger partial charge is 0.368 e. The van der Waals surface area contributed by atoms with Crippen LogP contribution < -0.4 is 11.1 Å². The first-order valence-corrected chi connectivity index (χ1v) is 10.4. The summed E-state index contributed by atoms with van der Waals surface area (Å²) in [6.45, 7) is 3.39. The maximum absolute atomic E-state index is 13.4. The summed E-state index contributed by atoms with van der Waals surface area (Å²) in [5, 5.41) is 11.2. The van der Waals surface area contributed by atoms with Crippen molar-refractivity contribution in [1.29, 1.82) is 0 Å². The van der Waals surface area contributed by atoms with Crippen LogP contribution in [0.15, 0.2) is 24.5 Å². The minimum Gasteiger partial charge on any atom is -0.368 e. The lowest BCUT2D eigenvalue weighted by Gasteiger charge is -2.27. The van der Waals surface area contributed by atoms with Gasteiger partial charge < -0.3 is 25.3 Å². The molecule has 1 aromatic carbocycles. The number of hydrogen-bond acceptors (Lipinski definition) is 6. The zero-order chi connectivity index (χ0) is 21.0. The number of likely N-dealkylation sites (tertiary alicyclic amines) is 1. The number of benzene rings is 1. The van der Waals surface area contributed by atoms with Crippen molar-refractivity contribution in [3.8, 4) is 11.4 Å². The number of amides is 2. The molecule has 1 aromatic heterocycles. The molecule has 0 unspecified atom stereocenters. The molecular weight excluding hydrogens is 420 g/mol. The number of carbonyl (C=O) groups is 2. The van der Waals surface area contributed by atoms with Gasteiger partial charge in [-0.1, -0.05) is 12.1 Å². The van der Waals surface area contributed by atoms with Crippen LogP contribution in [0, 0.1) is 18.8 Å². The topological polar surface area (TPSA) is 115 Å². The molecule has 2 amide bonds. The van der Waals surface area contributed by atoms with E-state index in [9.17, 15) is 9.59 Å². The molecule has 166 valence electrons. The molecule has 0 aliphatic carbocycles. The summed E-state index contributed by atoms with van der Waals surface area (Å²) in [6, 6.07) is 5.71. The van der Waals surface area contributed by atoms with E-state index in [1.165, 1.54) is 0 Å². The minimum atomic E-state index is -0.533. The fraction of sp³-hybridized carbons (Fsp3) is 0.524. The van der Waals surface area contributed by atoms with E-state index in [2.05, 4.69) is 15.5 Å². The summed E-state index contributed by atoms with van der Waals surface area (Å²) in [4.78, 5) is 28.1. The average molecular weight is 447 g/mol. The number of rotatable bonds is 5. The number of aromatic nitrogens is 3. The first kappa shape index (κ1) is 21.7. The molecule has 2 aromatic rings. The Labute approximate surface area is 186 Å². The van der Waals surface area contributed by atoms with Crippen LogP contribution >= 0.6 is 12.4 Å². The number of hydrogen-bond donors (Lipinski definition) is 2. The van der Waals surface area contributed by atoms with Crippen molar-refractivity contribution in [2.75, 3.05) is 25.0 Å². The summed E-state index contributed by atoms with van der Waals surface area (Å²) in [5.74, 6) is -0.341. The highest BCUT2D eigenvalue weighted by molar-refractivity contribution is 5.99. The summed E-state index contributed by atoms with van der Waals surface area (Å²) in [5.41, 5.74) is 7.65. The van der Waals surface area contributed by atoms with E-state index in [4.69, 9.17) is 10.5 Å². The lowest BCUT2D eigenvalue weighted by atomic mass is 9.73. The van der Waals surface area contributed by atoms with Crippen LogP contribution in [0.5, 0.6) is 0 Å². The van der Waals surface area contributed by atoms with E-state index < -0.39 is 17.4 Å². The Hall–Kier alpha value is -2.49. The van der Waals surface area contributed by atoms with Gasteiger partial charge in [0, 0.05) is 31.4 Å². The van der Waals surface area contributed by atoms with Crippen molar-refractivity contribution in [1.82, 2.24) is 19.7 Å². The number of fused-ring (bicyclic) bond motifs is 1. The molecule has 31 heavy (non-hydrogen) atoms. The predicted octanol–water partition coefficient (Wildman–Crippen LogP) is 1.12. The highest BCUT2D eigenvalue weighted by atomic mass is 35.5. The van der Waals surface area contributed by atoms with Gasteiger partial charge in [-0.05, 0) is 31.4 Å². The molecule has 0 radical (unpaired) electrons. The zero-order valence-corrected chi connectivity index (χ0v) is 18.4. The number of ether oxygens (including phenoxy) is 1. The third-order valence-electron chi connectivity index (χ3n) is 6.85. The number of nitrogens with one attached hydrogen (secondary N) is 1. The van der Waals surface area contributed by atoms with E-state index in [0.29, 0.717) is 25.3 Å². The molecule has 3 aliphatic rings. The van der Waals surface area contributed by atoms with E-state index >= 15 is 0 Å². The zero-order valence-electron chi connectivity index (χ0n) is 17.6. The minimum absolute atomic E-state index is 0. The Morgan fingerprint density at radius 2 is 2.23 bits per heavy atom. The summed E-state index contributed by atoms with van der Waals surface area (Å²) >= 11 is 0. The molecule has 4 atom stereocenters. The van der Waals surface area contributed by atoms with Gasteiger partial charge in [-0.2, -0.15) is 0 Å². The quantitative estimate of drug-likeness (QED) is 0.711. The van der Waals surface area contributed by atoms with Crippen LogP contribution in [-0.4, -0.2) is 62.8 Å². The number of nitrogens with two attached hydrogens (primary N) is 1. The van der Waals surface area contributed by atoms with Crippen LogP contribution in [0.2, 0.25) is 0 Å². The molecule has 3 fully saturated rings. The van der Waals surface area contributed by atoms with Crippen LogP contribution in [0.4, 0.5) is 5.69 Å². The van der Waals surface area contributed by atoms with E-state index in [-0.39, 0.29) is 30.3 Å². The maximum Gasteiger partial charge on any atom is 0.231 e. The first-order chi connectivity index (χ1) is 14.4. The van der Waals surface area contributed by atoms with Gasteiger partial charge in [0.2, 0.25) is 11.8 Å². The second-order valence-corrected chi connectivity index (χ2v) is 8.54. The van der Waals surface area contributed by atoms with E-state index in [0.717, 1.165) is 29.8 Å². The normalized spacial score (nSPS) is 28.5. The summed E-state index contributed by atoms with van der Waals surface area (Å²) in [7, 11) is 1.88. The molecule has 1 spiro atoms. The Morgan fingerprint density at radius 3 is 2.94 bits per heavy atom. The molecule has 0 saturated carbocycles.